The van der Waals surface area contributed by atoms with Crippen LogP contribution < -0.4 is 4.72 Å². The fourth-order valence-corrected chi connectivity index (χ4v) is 3.65. The third kappa shape index (κ3) is 2.77. The van der Waals surface area contributed by atoms with Crippen molar-refractivity contribution >= 4 is 37.6 Å². The molecule has 0 aliphatic heterocycles. The highest BCUT2D eigenvalue weighted by molar-refractivity contribution is 9.10. The lowest BCUT2D eigenvalue weighted by Gasteiger charge is -2.17. The van der Waals surface area contributed by atoms with Crippen LogP contribution in [0.3, 0.4) is 0 Å². The monoisotopic (exact) mass is 323 g/mol. The van der Waals surface area contributed by atoms with Crippen molar-refractivity contribution in [1.82, 2.24) is 4.72 Å². The molecule has 1 aliphatic carbocycles. The lowest BCUT2D eigenvalue weighted by molar-refractivity contribution is 0.557. The van der Waals surface area contributed by atoms with Crippen LogP contribution in [-0.2, 0) is 15.6 Å². The molecule has 1 aromatic rings. The molecule has 3 nitrogen and oxygen atoms in total. The van der Waals surface area contributed by atoms with E-state index in [-0.39, 0.29) is 0 Å². The lowest BCUT2D eigenvalue weighted by atomic mass is 10.1. The molecule has 0 atom stereocenters. The minimum atomic E-state index is -3.20. The van der Waals surface area contributed by atoms with Crippen molar-refractivity contribution in [3.05, 3.63) is 33.3 Å². The molecule has 0 heterocycles. The maximum atomic E-state index is 11.3. The fourth-order valence-electron chi connectivity index (χ4n) is 1.76. The topological polar surface area (TPSA) is 46.2 Å². The average molecular weight is 325 g/mol. The quantitative estimate of drug-likeness (QED) is 0.929. The normalized spacial score (nSPS) is 18.4. The van der Waals surface area contributed by atoms with Crippen molar-refractivity contribution in [1.29, 1.82) is 0 Å². The molecule has 0 radical (unpaired) electrons. The zero-order chi connectivity index (χ0) is 12.0. The summed E-state index contributed by atoms with van der Waals surface area (Å²) in [4.78, 5) is 0. The van der Waals surface area contributed by atoms with Gasteiger partial charge in [-0.3, -0.25) is 0 Å². The Morgan fingerprint density at radius 1 is 1.38 bits per heavy atom. The summed E-state index contributed by atoms with van der Waals surface area (Å²) in [5.74, 6) is 0. The van der Waals surface area contributed by atoms with Crippen LogP contribution in [0.15, 0.2) is 22.7 Å². The number of rotatable bonds is 3. The molecule has 0 unspecified atom stereocenters. The Balaban J connectivity index is 2.37. The molecule has 1 N–H and O–H groups in total. The SMILES string of the molecule is CS(=O)(=O)NC1(c2cc(Cl)cc(Br)c2)CC1. The van der Waals surface area contributed by atoms with Crippen LogP contribution in [-0.4, -0.2) is 14.7 Å². The van der Waals surface area contributed by atoms with Crippen LogP contribution >= 0.6 is 27.5 Å². The molecule has 1 aromatic carbocycles. The summed E-state index contributed by atoms with van der Waals surface area (Å²) in [6.07, 6.45) is 2.80. The third-order valence-corrected chi connectivity index (χ3v) is 3.98. The van der Waals surface area contributed by atoms with Crippen LogP contribution in [0.1, 0.15) is 18.4 Å². The lowest BCUT2D eigenvalue weighted by Crippen LogP contribution is -2.33. The largest absolute Gasteiger partial charge is 0.213 e. The zero-order valence-corrected chi connectivity index (χ0v) is 11.8. The molecule has 0 spiro atoms. The van der Waals surface area contributed by atoms with Gasteiger partial charge in [0.1, 0.15) is 0 Å². The van der Waals surface area contributed by atoms with Gasteiger partial charge in [-0.25, -0.2) is 13.1 Å². The standard InChI is InChI=1S/C10H11BrClNO2S/c1-16(14,15)13-10(2-3-10)7-4-8(11)6-9(12)5-7/h4-6,13H,2-3H2,1H3. The van der Waals surface area contributed by atoms with E-state index in [9.17, 15) is 8.42 Å². The molecule has 0 aromatic heterocycles. The van der Waals surface area contributed by atoms with Gasteiger partial charge < -0.3 is 0 Å². The molecule has 0 bridgehead atoms. The van der Waals surface area contributed by atoms with E-state index in [1.807, 2.05) is 6.07 Å². The fraction of sp³-hybridized carbons (Fsp3) is 0.400. The third-order valence-electron chi connectivity index (χ3n) is 2.55. The second kappa shape index (κ2) is 3.98. The highest BCUT2D eigenvalue weighted by atomic mass is 79.9. The summed E-state index contributed by atoms with van der Waals surface area (Å²) in [5, 5.41) is 0.603. The van der Waals surface area contributed by atoms with Gasteiger partial charge in [-0.15, -0.1) is 0 Å². The molecule has 0 amide bonds. The summed E-state index contributed by atoms with van der Waals surface area (Å²) in [6, 6.07) is 5.48. The van der Waals surface area contributed by atoms with Crippen LogP contribution in [0, 0.1) is 0 Å². The number of halogens is 2. The van der Waals surface area contributed by atoms with Crippen molar-refractivity contribution in [3.63, 3.8) is 0 Å². The van der Waals surface area contributed by atoms with Gasteiger partial charge in [-0.1, -0.05) is 27.5 Å². The molecule has 16 heavy (non-hydrogen) atoms. The van der Waals surface area contributed by atoms with Crippen molar-refractivity contribution in [2.45, 2.75) is 18.4 Å². The first kappa shape index (κ1) is 12.4. The summed E-state index contributed by atoms with van der Waals surface area (Å²) in [6.45, 7) is 0. The number of hydrogen-bond donors (Lipinski definition) is 1. The zero-order valence-electron chi connectivity index (χ0n) is 8.63. The van der Waals surface area contributed by atoms with Crippen molar-refractivity contribution in [2.24, 2.45) is 0 Å². The highest BCUT2D eigenvalue weighted by Gasteiger charge is 2.46. The predicted octanol–water partition coefficient (Wildman–Crippen LogP) is 2.64. The van der Waals surface area contributed by atoms with Gasteiger partial charge in [0.05, 0.1) is 11.8 Å². The maximum absolute atomic E-state index is 11.3. The summed E-state index contributed by atoms with van der Waals surface area (Å²) in [5.41, 5.74) is 0.471. The molecule has 1 saturated carbocycles. The summed E-state index contributed by atoms with van der Waals surface area (Å²) < 4.78 is 26.1. The molecule has 1 aliphatic rings. The summed E-state index contributed by atoms with van der Waals surface area (Å²) >= 11 is 9.30. The van der Waals surface area contributed by atoms with Gasteiger partial charge in [0, 0.05) is 9.50 Å². The Morgan fingerprint density at radius 3 is 2.44 bits per heavy atom. The number of nitrogens with one attached hydrogen (secondary N) is 1. The van der Waals surface area contributed by atoms with Crippen molar-refractivity contribution in [2.75, 3.05) is 6.26 Å². The van der Waals surface area contributed by atoms with Crippen LogP contribution in [0.25, 0.3) is 0 Å². The molecule has 0 saturated heterocycles. The van der Waals surface area contributed by atoms with Crippen LogP contribution in [0.5, 0.6) is 0 Å². The van der Waals surface area contributed by atoms with E-state index in [0.717, 1.165) is 22.9 Å². The van der Waals surface area contributed by atoms with E-state index in [0.29, 0.717) is 5.02 Å². The van der Waals surface area contributed by atoms with E-state index in [1.54, 1.807) is 12.1 Å². The Morgan fingerprint density at radius 2 is 2.00 bits per heavy atom. The molecular weight excluding hydrogens is 314 g/mol. The van der Waals surface area contributed by atoms with E-state index in [2.05, 4.69) is 20.7 Å². The first-order valence-corrected chi connectivity index (χ1v) is 7.83. The van der Waals surface area contributed by atoms with E-state index in [4.69, 9.17) is 11.6 Å². The molecular formula is C10H11BrClNO2S. The molecule has 1 fully saturated rings. The Kier molecular flexibility index (Phi) is 3.07. The highest BCUT2D eigenvalue weighted by Crippen LogP contribution is 2.47. The van der Waals surface area contributed by atoms with Gasteiger partial charge in [0.2, 0.25) is 10.0 Å². The van der Waals surface area contributed by atoms with Gasteiger partial charge >= 0.3 is 0 Å². The van der Waals surface area contributed by atoms with E-state index < -0.39 is 15.6 Å². The smallest absolute Gasteiger partial charge is 0.209 e. The van der Waals surface area contributed by atoms with Gasteiger partial charge in [-0.05, 0) is 36.6 Å². The summed E-state index contributed by atoms with van der Waals surface area (Å²) in [7, 11) is -3.20. The molecule has 6 heteroatoms. The Labute approximate surface area is 108 Å². The van der Waals surface area contributed by atoms with Gasteiger partial charge in [0.15, 0.2) is 0 Å². The number of benzene rings is 1. The Hall–Kier alpha value is -0.100. The first-order chi connectivity index (χ1) is 7.31. The Bertz CT molecular complexity index is 505. The maximum Gasteiger partial charge on any atom is 0.209 e. The average Bonchev–Trinajstić information content (AvgIpc) is 2.80. The van der Waals surface area contributed by atoms with Gasteiger partial charge in [-0.2, -0.15) is 0 Å². The van der Waals surface area contributed by atoms with E-state index in [1.165, 1.54) is 6.26 Å². The predicted molar refractivity (Wildman–Crippen MR) is 68.0 cm³/mol. The second-order valence-corrected chi connectivity index (χ2v) is 7.22. The molecule has 88 valence electrons. The number of sulfonamides is 1. The van der Waals surface area contributed by atoms with Crippen molar-refractivity contribution in [3.8, 4) is 0 Å². The van der Waals surface area contributed by atoms with Crippen molar-refractivity contribution < 1.29 is 8.42 Å². The second-order valence-electron chi connectivity index (χ2n) is 4.11. The minimum absolute atomic E-state index is 0.443. The van der Waals surface area contributed by atoms with Crippen LogP contribution in [0.2, 0.25) is 5.02 Å². The molecule has 2 rings (SSSR count). The number of hydrogen-bond acceptors (Lipinski definition) is 2. The van der Waals surface area contributed by atoms with Crippen LogP contribution in [0.4, 0.5) is 0 Å². The van der Waals surface area contributed by atoms with E-state index >= 15 is 0 Å². The minimum Gasteiger partial charge on any atom is -0.213 e. The first-order valence-electron chi connectivity index (χ1n) is 4.76. The van der Waals surface area contributed by atoms with Gasteiger partial charge in [0.25, 0.3) is 0 Å².